The van der Waals surface area contributed by atoms with Crippen molar-refractivity contribution in [3.8, 4) is 0 Å². The molecule has 0 saturated heterocycles. The molecule has 2 atom stereocenters. The lowest BCUT2D eigenvalue weighted by atomic mass is 10.1. The summed E-state index contributed by atoms with van der Waals surface area (Å²) in [5.41, 5.74) is 0. The fraction of sp³-hybridized carbons (Fsp3) is 0.875. The number of nitrogens with zero attached hydrogens (tertiary/aromatic N) is 1. The average molecular weight is 213 g/mol. The molecule has 0 aliphatic rings. The Kier molecular flexibility index (Phi) is 4.90. The summed E-state index contributed by atoms with van der Waals surface area (Å²) in [4.78, 5) is 11.4. The third-order valence-corrected chi connectivity index (χ3v) is 2.16. The number of rotatable bonds is 5. The molecular weight excluding hydrogens is 199 g/mol. The SMILES string of the molecule is CCN(C)C(C)C(OC=O)C(F)(F)F. The van der Waals surface area contributed by atoms with Gasteiger partial charge in [-0.15, -0.1) is 0 Å². The molecule has 14 heavy (non-hydrogen) atoms. The van der Waals surface area contributed by atoms with Crippen LogP contribution in [0, 0.1) is 0 Å². The topological polar surface area (TPSA) is 29.5 Å². The second-order valence-corrected chi connectivity index (χ2v) is 3.01. The highest BCUT2D eigenvalue weighted by molar-refractivity contribution is 5.37. The normalized spacial score (nSPS) is 16.5. The first-order chi connectivity index (χ1) is 6.34. The van der Waals surface area contributed by atoms with E-state index in [1.807, 2.05) is 0 Å². The smallest absolute Gasteiger partial charge is 0.427 e. The van der Waals surface area contributed by atoms with E-state index in [9.17, 15) is 18.0 Å². The van der Waals surface area contributed by atoms with Gasteiger partial charge in [0.1, 0.15) is 0 Å². The molecule has 0 aromatic heterocycles. The van der Waals surface area contributed by atoms with Gasteiger partial charge in [-0.25, -0.2) is 0 Å². The van der Waals surface area contributed by atoms with Gasteiger partial charge in [0.2, 0.25) is 6.10 Å². The highest BCUT2D eigenvalue weighted by atomic mass is 19.4. The van der Waals surface area contributed by atoms with Gasteiger partial charge < -0.3 is 4.74 Å². The van der Waals surface area contributed by atoms with Crippen molar-refractivity contribution in [2.45, 2.75) is 32.2 Å². The third kappa shape index (κ3) is 3.53. The second-order valence-electron chi connectivity index (χ2n) is 3.01. The fourth-order valence-electron chi connectivity index (χ4n) is 1.04. The molecule has 84 valence electrons. The van der Waals surface area contributed by atoms with Crippen molar-refractivity contribution < 1.29 is 22.7 Å². The van der Waals surface area contributed by atoms with E-state index < -0.39 is 18.3 Å². The Morgan fingerprint density at radius 1 is 1.50 bits per heavy atom. The lowest BCUT2D eigenvalue weighted by molar-refractivity contribution is -0.227. The van der Waals surface area contributed by atoms with Crippen LogP contribution in [0.15, 0.2) is 0 Å². The minimum Gasteiger partial charge on any atom is -0.453 e. The zero-order valence-electron chi connectivity index (χ0n) is 8.34. The molecule has 0 saturated carbocycles. The van der Waals surface area contributed by atoms with Gasteiger partial charge in [0, 0.05) is 0 Å². The Labute approximate surface area is 80.8 Å². The van der Waals surface area contributed by atoms with Gasteiger partial charge in [-0.1, -0.05) is 6.92 Å². The molecule has 0 spiro atoms. The number of halogens is 3. The maximum atomic E-state index is 12.3. The standard InChI is InChI=1S/C8H14F3NO2/c1-4-12(3)6(2)7(14-5-13)8(9,10)11/h5-7H,4H2,1-3H3. The summed E-state index contributed by atoms with van der Waals surface area (Å²) in [7, 11) is 1.54. The van der Waals surface area contributed by atoms with Gasteiger partial charge in [0.05, 0.1) is 6.04 Å². The summed E-state index contributed by atoms with van der Waals surface area (Å²) in [6, 6.07) is -0.884. The van der Waals surface area contributed by atoms with E-state index in [1.165, 1.54) is 18.9 Å². The van der Waals surface area contributed by atoms with Crippen LogP contribution in [0.2, 0.25) is 0 Å². The predicted molar refractivity (Wildman–Crippen MR) is 44.8 cm³/mol. The Balaban J connectivity index is 4.56. The quantitative estimate of drug-likeness (QED) is 0.647. The van der Waals surface area contributed by atoms with Crippen molar-refractivity contribution >= 4 is 6.47 Å². The molecule has 0 radical (unpaired) electrons. The summed E-state index contributed by atoms with van der Waals surface area (Å²) in [5, 5.41) is 0. The fourth-order valence-corrected chi connectivity index (χ4v) is 1.04. The van der Waals surface area contributed by atoms with Gasteiger partial charge in [-0.05, 0) is 20.5 Å². The Morgan fingerprint density at radius 2 is 2.00 bits per heavy atom. The number of ether oxygens (including phenoxy) is 1. The third-order valence-electron chi connectivity index (χ3n) is 2.16. The highest BCUT2D eigenvalue weighted by Gasteiger charge is 2.46. The Morgan fingerprint density at radius 3 is 2.29 bits per heavy atom. The van der Waals surface area contributed by atoms with Crippen molar-refractivity contribution in [2.24, 2.45) is 0 Å². The zero-order chi connectivity index (χ0) is 11.4. The van der Waals surface area contributed by atoms with Crippen LogP contribution in [0.1, 0.15) is 13.8 Å². The molecule has 3 nitrogen and oxygen atoms in total. The molecule has 0 aliphatic heterocycles. The first kappa shape index (κ1) is 13.2. The van der Waals surface area contributed by atoms with Crippen LogP contribution in [0.5, 0.6) is 0 Å². The second kappa shape index (κ2) is 5.19. The van der Waals surface area contributed by atoms with Crippen molar-refractivity contribution in [2.75, 3.05) is 13.6 Å². The van der Waals surface area contributed by atoms with E-state index in [4.69, 9.17) is 0 Å². The molecule has 0 N–H and O–H groups in total. The number of hydrogen-bond acceptors (Lipinski definition) is 3. The Hall–Kier alpha value is -0.780. The van der Waals surface area contributed by atoms with Gasteiger partial charge in [-0.3, -0.25) is 9.69 Å². The summed E-state index contributed by atoms with van der Waals surface area (Å²) >= 11 is 0. The van der Waals surface area contributed by atoms with Crippen molar-refractivity contribution in [1.29, 1.82) is 0 Å². The maximum absolute atomic E-state index is 12.3. The number of hydrogen-bond donors (Lipinski definition) is 0. The van der Waals surface area contributed by atoms with Crippen LogP contribution in [-0.2, 0) is 9.53 Å². The summed E-state index contributed by atoms with van der Waals surface area (Å²) < 4.78 is 41.1. The molecule has 0 heterocycles. The van der Waals surface area contributed by atoms with Crippen molar-refractivity contribution in [3.63, 3.8) is 0 Å². The minimum absolute atomic E-state index is 0.168. The van der Waals surface area contributed by atoms with Crippen LogP contribution in [0.3, 0.4) is 0 Å². The first-order valence-corrected chi connectivity index (χ1v) is 4.20. The van der Waals surface area contributed by atoms with Gasteiger partial charge in [-0.2, -0.15) is 13.2 Å². The maximum Gasteiger partial charge on any atom is 0.427 e. The van der Waals surface area contributed by atoms with Gasteiger partial charge >= 0.3 is 6.18 Å². The molecule has 0 rings (SSSR count). The van der Waals surface area contributed by atoms with Crippen LogP contribution >= 0.6 is 0 Å². The van der Waals surface area contributed by atoms with E-state index in [2.05, 4.69) is 4.74 Å². The molecule has 0 fully saturated rings. The molecule has 2 unspecified atom stereocenters. The summed E-state index contributed by atoms with van der Waals surface area (Å²) in [6.07, 6.45) is -6.59. The van der Waals surface area contributed by atoms with E-state index >= 15 is 0 Å². The summed E-state index contributed by atoms with van der Waals surface area (Å²) in [5.74, 6) is 0. The van der Waals surface area contributed by atoms with Crippen LogP contribution in [0.4, 0.5) is 13.2 Å². The minimum atomic E-state index is -4.52. The Bertz CT molecular complexity index is 184. The lowest BCUT2D eigenvalue weighted by Crippen LogP contribution is -2.48. The van der Waals surface area contributed by atoms with Gasteiger partial charge in [0.25, 0.3) is 6.47 Å². The molecule has 0 bridgehead atoms. The summed E-state index contributed by atoms with van der Waals surface area (Å²) in [6.45, 7) is 3.38. The van der Waals surface area contributed by atoms with E-state index in [0.717, 1.165) is 0 Å². The van der Waals surface area contributed by atoms with Crippen LogP contribution < -0.4 is 0 Å². The molecule has 0 aromatic carbocycles. The van der Waals surface area contributed by atoms with Crippen molar-refractivity contribution in [3.05, 3.63) is 0 Å². The largest absolute Gasteiger partial charge is 0.453 e. The monoisotopic (exact) mass is 213 g/mol. The lowest BCUT2D eigenvalue weighted by Gasteiger charge is -2.30. The predicted octanol–water partition coefficient (Wildman–Crippen LogP) is 1.43. The van der Waals surface area contributed by atoms with E-state index in [-0.39, 0.29) is 6.47 Å². The molecular formula is C8H14F3NO2. The number of alkyl halides is 3. The highest BCUT2D eigenvalue weighted by Crippen LogP contribution is 2.26. The number of carbonyl (C=O) groups excluding carboxylic acids is 1. The zero-order valence-corrected chi connectivity index (χ0v) is 8.34. The molecule has 0 aromatic rings. The van der Waals surface area contributed by atoms with Crippen LogP contribution in [-0.4, -0.2) is 43.3 Å². The number of likely N-dealkylation sites (N-methyl/N-ethyl adjacent to an activating group) is 1. The van der Waals surface area contributed by atoms with Crippen molar-refractivity contribution in [1.82, 2.24) is 4.90 Å². The first-order valence-electron chi connectivity index (χ1n) is 4.20. The van der Waals surface area contributed by atoms with Crippen LogP contribution in [0.25, 0.3) is 0 Å². The number of carbonyl (C=O) groups is 1. The molecule has 0 amide bonds. The van der Waals surface area contributed by atoms with E-state index in [1.54, 1.807) is 6.92 Å². The molecule has 0 aliphatic carbocycles. The van der Waals surface area contributed by atoms with Gasteiger partial charge in [0.15, 0.2) is 0 Å². The average Bonchev–Trinajstić information content (AvgIpc) is 2.09. The molecule has 6 heteroatoms. The van der Waals surface area contributed by atoms with E-state index in [0.29, 0.717) is 6.54 Å².